The summed E-state index contributed by atoms with van der Waals surface area (Å²) in [5.74, 6) is 0.129. The molecule has 1 atom stereocenters. The Morgan fingerprint density at radius 3 is 2.68 bits per heavy atom. The molecular formula is C16H23N3O3. The highest BCUT2D eigenvalue weighted by Gasteiger charge is 2.26. The topological polar surface area (TPSA) is 98.3 Å². The summed E-state index contributed by atoms with van der Waals surface area (Å²) in [6, 6.07) is 4.50. The third kappa shape index (κ3) is 3.62. The third-order valence-corrected chi connectivity index (χ3v) is 4.54. The van der Waals surface area contributed by atoms with Crippen molar-refractivity contribution in [2.45, 2.75) is 45.1 Å². The molecule has 120 valence electrons. The average molecular weight is 305 g/mol. The number of nitrogens with two attached hydrogens (primary N) is 1. The molecule has 1 aromatic rings. The van der Waals surface area contributed by atoms with Gasteiger partial charge in [-0.3, -0.25) is 14.9 Å². The molecule has 0 spiro atoms. The van der Waals surface area contributed by atoms with E-state index in [1.165, 1.54) is 31.4 Å². The molecule has 1 aliphatic carbocycles. The zero-order valence-corrected chi connectivity index (χ0v) is 12.9. The van der Waals surface area contributed by atoms with Gasteiger partial charge in [0.15, 0.2) is 0 Å². The van der Waals surface area contributed by atoms with Crippen molar-refractivity contribution in [2.75, 3.05) is 6.54 Å². The van der Waals surface area contributed by atoms with Crippen molar-refractivity contribution < 1.29 is 9.72 Å². The van der Waals surface area contributed by atoms with Gasteiger partial charge in [0.2, 0.25) is 0 Å². The van der Waals surface area contributed by atoms with Crippen LogP contribution in [0.3, 0.4) is 0 Å². The Morgan fingerprint density at radius 2 is 2.09 bits per heavy atom. The minimum atomic E-state index is -0.465. The number of benzene rings is 1. The number of rotatable bonds is 5. The maximum atomic E-state index is 12.5. The van der Waals surface area contributed by atoms with Crippen molar-refractivity contribution in [3.05, 3.63) is 39.4 Å². The predicted molar refractivity (Wildman–Crippen MR) is 84.7 cm³/mol. The first-order valence-electron chi connectivity index (χ1n) is 7.79. The summed E-state index contributed by atoms with van der Waals surface area (Å²) in [7, 11) is 0. The molecule has 6 heteroatoms. The summed E-state index contributed by atoms with van der Waals surface area (Å²) in [4.78, 5) is 23.0. The van der Waals surface area contributed by atoms with Crippen LogP contribution in [-0.4, -0.2) is 23.4 Å². The Kier molecular flexibility index (Phi) is 5.49. The maximum Gasteiger partial charge on any atom is 0.273 e. The Balaban J connectivity index is 2.13. The Hall–Kier alpha value is -1.95. The predicted octanol–water partition coefficient (Wildman–Crippen LogP) is 2.54. The largest absolute Gasteiger partial charge is 0.348 e. The van der Waals surface area contributed by atoms with E-state index in [0.717, 1.165) is 12.8 Å². The van der Waals surface area contributed by atoms with Crippen molar-refractivity contribution in [2.24, 2.45) is 11.7 Å². The lowest BCUT2D eigenvalue weighted by Gasteiger charge is -2.30. The van der Waals surface area contributed by atoms with Gasteiger partial charge in [-0.25, -0.2) is 0 Å². The second-order valence-electron chi connectivity index (χ2n) is 5.92. The fourth-order valence-corrected chi connectivity index (χ4v) is 3.22. The molecule has 6 nitrogen and oxygen atoms in total. The van der Waals surface area contributed by atoms with E-state index in [-0.39, 0.29) is 17.6 Å². The molecule has 1 aromatic carbocycles. The van der Waals surface area contributed by atoms with Gasteiger partial charge in [0.1, 0.15) is 0 Å². The van der Waals surface area contributed by atoms with Gasteiger partial charge in [-0.15, -0.1) is 0 Å². The van der Waals surface area contributed by atoms with Gasteiger partial charge in [-0.2, -0.15) is 0 Å². The molecule has 0 saturated heterocycles. The van der Waals surface area contributed by atoms with E-state index >= 15 is 0 Å². The van der Waals surface area contributed by atoms with Gasteiger partial charge in [0.25, 0.3) is 11.6 Å². The molecule has 1 aliphatic rings. The Labute approximate surface area is 130 Å². The Morgan fingerprint density at radius 1 is 1.41 bits per heavy atom. The lowest BCUT2D eigenvalue weighted by Crippen LogP contribution is -2.46. The highest BCUT2D eigenvalue weighted by molar-refractivity contribution is 5.96. The number of nitrogens with one attached hydrogen (secondary N) is 1. The lowest BCUT2D eigenvalue weighted by atomic mass is 9.83. The van der Waals surface area contributed by atoms with Crippen LogP contribution in [0.1, 0.15) is 48.0 Å². The molecule has 1 amide bonds. The van der Waals surface area contributed by atoms with E-state index in [0.29, 0.717) is 23.6 Å². The molecule has 2 rings (SSSR count). The SMILES string of the molecule is Cc1c(C(=O)NC(CN)C2CCCCC2)cccc1[N+](=O)[O-]. The highest BCUT2D eigenvalue weighted by atomic mass is 16.6. The number of carbonyl (C=O) groups excluding carboxylic acids is 1. The van der Waals surface area contributed by atoms with Crippen LogP contribution in [0, 0.1) is 23.0 Å². The van der Waals surface area contributed by atoms with Crippen molar-refractivity contribution in [3.8, 4) is 0 Å². The number of nitrogens with zero attached hydrogens (tertiary/aromatic N) is 1. The number of hydrogen-bond donors (Lipinski definition) is 2. The van der Waals surface area contributed by atoms with Crippen molar-refractivity contribution in [1.29, 1.82) is 0 Å². The molecule has 3 N–H and O–H groups in total. The first-order valence-corrected chi connectivity index (χ1v) is 7.79. The molecule has 1 fully saturated rings. The second kappa shape index (κ2) is 7.35. The van der Waals surface area contributed by atoms with E-state index < -0.39 is 4.92 Å². The van der Waals surface area contributed by atoms with Gasteiger partial charge in [-0.05, 0) is 31.7 Å². The molecular weight excluding hydrogens is 282 g/mol. The van der Waals surface area contributed by atoms with Crippen LogP contribution >= 0.6 is 0 Å². The van der Waals surface area contributed by atoms with Crippen LogP contribution in [0.25, 0.3) is 0 Å². The molecule has 1 unspecified atom stereocenters. The first-order chi connectivity index (χ1) is 10.5. The van der Waals surface area contributed by atoms with Gasteiger partial charge < -0.3 is 11.1 Å². The minimum Gasteiger partial charge on any atom is -0.348 e. The van der Waals surface area contributed by atoms with Crippen LogP contribution in [0.2, 0.25) is 0 Å². The van der Waals surface area contributed by atoms with Crippen molar-refractivity contribution >= 4 is 11.6 Å². The van der Waals surface area contributed by atoms with Crippen LogP contribution in [0.5, 0.6) is 0 Å². The quantitative estimate of drug-likeness (QED) is 0.645. The van der Waals surface area contributed by atoms with E-state index in [1.54, 1.807) is 13.0 Å². The number of hydrogen-bond acceptors (Lipinski definition) is 4. The molecule has 0 radical (unpaired) electrons. The van der Waals surface area contributed by atoms with Gasteiger partial charge in [-0.1, -0.05) is 25.3 Å². The summed E-state index contributed by atoms with van der Waals surface area (Å²) >= 11 is 0. The van der Waals surface area contributed by atoms with Crippen LogP contribution in [0.4, 0.5) is 5.69 Å². The molecule has 0 bridgehead atoms. The Bertz CT molecular complexity index is 554. The van der Waals surface area contributed by atoms with Crippen LogP contribution in [-0.2, 0) is 0 Å². The maximum absolute atomic E-state index is 12.5. The number of amides is 1. The fourth-order valence-electron chi connectivity index (χ4n) is 3.22. The number of nitro groups is 1. The van der Waals surface area contributed by atoms with Gasteiger partial charge >= 0.3 is 0 Å². The zero-order valence-electron chi connectivity index (χ0n) is 12.9. The van der Waals surface area contributed by atoms with E-state index in [1.807, 2.05) is 0 Å². The lowest BCUT2D eigenvalue weighted by molar-refractivity contribution is -0.385. The normalized spacial score (nSPS) is 17.0. The molecule has 0 heterocycles. The van der Waals surface area contributed by atoms with E-state index in [2.05, 4.69) is 5.32 Å². The molecule has 0 aromatic heterocycles. The second-order valence-corrected chi connectivity index (χ2v) is 5.92. The standard InChI is InChI=1S/C16H23N3O3/c1-11-13(8-5-9-15(11)19(21)22)16(20)18-14(10-17)12-6-3-2-4-7-12/h5,8-9,12,14H,2-4,6-7,10,17H2,1H3,(H,18,20). The van der Waals surface area contributed by atoms with E-state index in [4.69, 9.17) is 5.73 Å². The third-order valence-electron chi connectivity index (χ3n) is 4.54. The zero-order chi connectivity index (χ0) is 16.1. The van der Waals surface area contributed by atoms with Gasteiger partial charge in [0, 0.05) is 29.8 Å². The molecule has 1 saturated carbocycles. The molecule has 22 heavy (non-hydrogen) atoms. The number of nitro benzene ring substituents is 1. The van der Waals surface area contributed by atoms with Gasteiger partial charge in [0.05, 0.1) is 4.92 Å². The van der Waals surface area contributed by atoms with E-state index in [9.17, 15) is 14.9 Å². The summed E-state index contributed by atoms with van der Waals surface area (Å²) < 4.78 is 0. The monoisotopic (exact) mass is 305 g/mol. The summed E-state index contributed by atoms with van der Waals surface area (Å²) in [6.45, 7) is 2.00. The summed E-state index contributed by atoms with van der Waals surface area (Å²) in [6.07, 6.45) is 5.75. The summed E-state index contributed by atoms with van der Waals surface area (Å²) in [5.41, 5.74) is 6.53. The van der Waals surface area contributed by atoms with Crippen molar-refractivity contribution in [1.82, 2.24) is 5.32 Å². The fraction of sp³-hybridized carbons (Fsp3) is 0.562. The smallest absolute Gasteiger partial charge is 0.273 e. The molecule has 0 aliphatic heterocycles. The van der Waals surface area contributed by atoms with Crippen LogP contribution < -0.4 is 11.1 Å². The van der Waals surface area contributed by atoms with Crippen molar-refractivity contribution in [3.63, 3.8) is 0 Å². The highest BCUT2D eigenvalue weighted by Crippen LogP contribution is 2.27. The summed E-state index contributed by atoms with van der Waals surface area (Å²) in [5, 5.41) is 13.9. The minimum absolute atomic E-state index is 0.0328. The average Bonchev–Trinajstić information content (AvgIpc) is 2.53. The number of carbonyl (C=O) groups is 1. The van der Waals surface area contributed by atoms with Crippen LogP contribution in [0.15, 0.2) is 18.2 Å². The first kappa shape index (κ1) is 16.4.